The minimum atomic E-state index is -0.275. The Labute approximate surface area is 158 Å². The fraction of sp³-hybridized carbons (Fsp3) is 0.636. The highest BCUT2D eigenvalue weighted by Crippen LogP contribution is 2.30. The first-order chi connectivity index (χ1) is 12.6. The van der Waals surface area contributed by atoms with E-state index in [1.165, 1.54) is 0 Å². The lowest BCUT2D eigenvalue weighted by atomic mass is 10.1. The molecule has 0 radical (unpaired) electrons. The molecule has 146 valence electrons. The van der Waals surface area contributed by atoms with E-state index in [0.717, 1.165) is 63.4 Å². The van der Waals surface area contributed by atoms with Crippen LogP contribution >= 0.6 is 0 Å². The van der Waals surface area contributed by atoms with Crippen LogP contribution in [0.25, 0.3) is 0 Å². The fourth-order valence-electron chi connectivity index (χ4n) is 2.64. The molecule has 0 saturated carbocycles. The van der Waals surface area contributed by atoms with Gasteiger partial charge < -0.3 is 9.47 Å². The summed E-state index contributed by atoms with van der Waals surface area (Å²) in [6.07, 6.45) is 9.61. The number of benzene rings is 1. The van der Waals surface area contributed by atoms with Crippen molar-refractivity contribution >= 4 is 11.9 Å². The van der Waals surface area contributed by atoms with E-state index < -0.39 is 0 Å². The van der Waals surface area contributed by atoms with Crippen molar-refractivity contribution in [3.05, 3.63) is 23.8 Å². The van der Waals surface area contributed by atoms with Gasteiger partial charge in [-0.2, -0.15) is 0 Å². The van der Waals surface area contributed by atoms with E-state index in [1.54, 1.807) is 6.07 Å². The van der Waals surface area contributed by atoms with Crippen molar-refractivity contribution in [3.63, 3.8) is 0 Å². The molecule has 4 nitrogen and oxygen atoms in total. The zero-order valence-corrected chi connectivity index (χ0v) is 16.6. The smallest absolute Gasteiger partial charge is 0.311 e. The molecule has 4 heteroatoms. The molecule has 0 unspecified atom stereocenters. The third-order valence-electron chi connectivity index (χ3n) is 4.24. The molecule has 0 amide bonds. The Kier molecular flexibility index (Phi) is 11.4. The van der Waals surface area contributed by atoms with Crippen LogP contribution in [0, 0.1) is 0 Å². The van der Waals surface area contributed by atoms with E-state index in [2.05, 4.69) is 20.8 Å². The number of hydrogen-bond donors (Lipinski definition) is 0. The summed E-state index contributed by atoms with van der Waals surface area (Å²) in [6.45, 7) is 6.33. The summed E-state index contributed by atoms with van der Waals surface area (Å²) in [5.74, 6) is 0.164. The minimum Gasteiger partial charge on any atom is -0.423 e. The first-order valence-electron chi connectivity index (χ1n) is 10.1. The summed E-state index contributed by atoms with van der Waals surface area (Å²) in [4.78, 5) is 24.1. The van der Waals surface area contributed by atoms with Gasteiger partial charge in [0, 0.05) is 12.8 Å². The number of aryl methyl sites for hydroxylation is 1. The Morgan fingerprint density at radius 1 is 0.731 bits per heavy atom. The standard InChI is InChI=1S/C22H34O4/c1-4-7-10-13-21(23)25-19-16-15-18(12-9-6-3)17-20(19)26-22(24)14-11-8-5-2/h15-17H,4-14H2,1-3H3. The van der Waals surface area contributed by atoms with Crippen molar-refractivity contribution in [1.29, 1.82) is 0 Å². The normalized spacial score (nSPS) is 10.6. The van der Waals surface area contributed by atoms with Gasteiger partial charge in [-0.1, -0.05) is 58.9 Å². The van der Waals surface area contributed by atoms with Crippen molar-refractivity contribution in [2.24, 2.45) is 0 Å². The molecule has 26 heavy (non-hydrogen) atoms. The predicted molar refractivity (Wildman–Crippen MR) is 105 cm³/mol. The molecule has 1 aromatic rings. The van der Waals surface area contributed by atoms with Gasteiger partial charge in [-0.25, -0.2) is 0 Å². The van der Waals surface area contributed by atoms with E-state index >= 15 is 0 Å². The molecule has 0 saturated heterocycles. The van der Waals surface area contributed by atoms with E-state index in [4.69, 9.17) is 9.47 Å². The highest BCUT2D eigenvalue weighted by Gasteiger charge is 2.14. The van der Waals surface area contributed by atoms with Gasteiger partial charge in [0.15, 0.2) is 11.5 Å². The van der Waals surface area contributed by atoms with Crippen LogP contribution in [0.3, 0.4) is 0 Å². The Morgan fingerprint density at radius 3 is 1.81 bits per heavy atom. The van der Waals surface area contributed by atoms with Crippen molar-refractivity contribution in [1.82, 2.24) is 0 Å². The summed E-state index contributed by atoms with van der Waals surface area (Å²) in [5, 5.41) is 0. The molecule has 0 spiro atoms. The maximum atomic E-state index is 12.1. The Morgan fingerprint density at radius 2 is 1.27 bits per heavy atom. The summed E-state index contributed by atoms with van der Waals surface area (Å²) in [6, 6.07) is 5.53. The molecule has 0 fully saturated rings. The number of esters is 2. The van der Waals surface area contributed by atoms with Gasteiger partial charge in [0.1, 0.15) is 0 Å². The number of ether oxygens (including phenoxy) is 2. The molecule has 0 aromatic heterocycles. The molecule has 0 aliphatic carbocycles. The molecule has 1 aromatic carbocycles. The van der Waals surface area contributed by atoms with Gasteiger partial charge >= 0.3 is 11.9 Å². The fourth-order valence-corrected chi connectivity index (χ4v) is 2.64. The molecular formula is C22H34O4. The molecule has 0 N–H and O–H groups in total. The molecule has 0 aliphatic heterocycles. The molecule has 0 aliphatic rings. The first-order valence-corrected chi connectivity index (χ1v) is 10.1. The van der Waals surface area contributed by atoms with Gasteiger partial charge in [-0.05, 0) is 43.4 Å². The molecule has 0 bridgehead atoms. The number of carbonyl (C=O) groups excluding carboxylic acids is 2. The number of hydrogen-bond acceptors (Lipinski definition) is 4. The average molecular weight is 363 g/mol. The quantitative estimate of drug-likeness (QED) is 0.245. The Balaban J connectivity index is 2.79. The Hall–Kier alpha value is -1.84. The van der Waals surface area contributed by atoms with Crippen LogP contribution in [0.5, 0.6) is 11.5 Å². The second-order valence-corrected chi connectivity index (χ2v) is 6.75. The van der Waals surface area contributed by atoms with Crippen LogP contribution in [0.1, 0.15) is 90.5 Å². The monoisotopic (exact) mass is 362 g/mol. The van der Waals surface area contributed by atoms with Crippen LogP contribution in [0.15, 0.2) is 18.2 Å². The molecule has 1 rings (SSSR count). The van der Waals surface area contributed by atoms with Crippen LogP contribution in [0.2, 0.25) is 0 Å². The van der Waals surface area contributed by atoms with Crippen molar-refractivity contribution in [2.45, 2.75) is 91.4 Å². The second-order valence-electron chi connectivity index (χ2n) is 6.75. The minimum absolute atomic E-state index is 0.269. The van der Waals surface area contributed by atoms with Gasteiger partial charge in [0.2, 0.25) is 0 Å². The van der Waals surface area contributed by atoms with Crippen LogP contribution < -0.4 is 9.47 Å². The maximum absolute atomic E-state index is 12.1. The largest absolute Gasteiger partial charge is 0.423 e. The van der Waals surface area contributed by atoms with E-state index in [-0.39, 0.29) is 11.9 Å². The predicted octanol–water partition coefficient (Wildman–Crippen LogP) is 6.00. The van der Waals surface area contributed by atoms with Crippen LogP contribution in [-0.2, 0) is 16.0 Å². The van der Waals surface area contributed by atoms with Crippen molar-refractivity contribution in [2.75, 3.05) is 0 Å². The lowest BCUT2D eigenvalue weighted by Crippen LogP contribution is -2.12. The second kappa shape index (κ2) is 13.4. The highest BCUT2D eigenvalue weighted by atomic mass is 16.6. The summed E-state index contributed by atoms with van der Waals surface area (Å²) in [7, 11) is 0. The maximum Gasteiger partial charge on any atom is 0.311 e. The van der Waals surface area contributed by atoms with Crippen LogP contribution in [0.4, 0.5) is 0 Å². The zero-order valence-electron chi connectivity index (χ0n) is 16.6. The average Bonchev–Trinajstić information content (AvgIpc) is 2.62. The lowest BCUT2D eigenvalue weighted by molar-refractivity contribution is -0.137. The van der Waals surface area contributed by atoms with E-state index in [9.17, 15) is 9.59 Å². The van der Waals surface area contributed by atoms with Crippen molar-refractivity contribution < 1.29 is 19.1 Å². The number of rotatable bonds is 13. The van der Waals surface area contributed by atoms with Crippen molar-refractivity contribution in [3.8, 4) is 11.5 Å². The number of carbonyl (C=O) groups is 2. The highest BCUT2D eigenvalue weighted by molar-refractivity contribution is 5.76. The third kappa shape index (κ3) is 9.02. The number of unbranched alkanes of at least 4 members (excludes halogenated alkanes) is 5. The molecule has 0 atom stereocenters. The van der Waals surface area contributed by atoms with Crippen LogP contribution in [-0.4, -0.2) is 11.9 Å². The van der Waals surface area contributed by atoms with E-state index in [1.807, 2.05) is 12.1 Å². The summed E-state index contributed by atoms with van der Waals surface area (Å²) in [5.41, 5.74) is 1.09. The van der Waals surface area contributed by atoms with Gasteiger partial charge in [0.05, 0.1) is 0 Å². The van der Waals surface area contributed by atoms with E-state index in [0.29, 0.717) is 24.3 Å². The first kappa shape index (κ1) is 22.2. The SMILES string of the molecule is CCCCCC(=O)Oc1ccc(CCCC)cc1OC(=O)CCCCC. The summed E-state index contributed by atoms with van der Waals surface area (Å²) < 4.78 is 11.0. The van der Waals surface area contributed by atoms with Gasteiger partial charge in [-0.15, -0.1) is 0 Å². The lowest BCUT2D eigenvalue weighted by Gasteiger charge is -2.12. The molecular weight excluding hydrogens is 328 g/mol. The van der Waals surface area contributed by atoms with Gasteiger partial charge in [-0.3, -0.25) is 9.59 Å². The molecule has 0 heterocycles. The topological polar surface area (TPSA) is 52.6 Å². The summed E-state index contributed by atoms with van der Waals surface area (Å²) >= 11 is 0. The third-order valence-corrected chi connectivity index (χ3v) is 4.24. The zero-order chi connectivity index (χ0) is 19.2. The Bertz CT molecular complexity index is 551. The van der Waals surface area contributed by atoms with Gasteiger partial charge in [0.25, 0.3) is 0 Å².